The van der Waals surface area contributed by atoms with Crippen molar-refractivity contribution >= 4 is 27.3 Å². The molecular formula is C17H21ClN2O4S. The van der Waals surface area contributed by atoms with Crippen LogP contribution in [0.3, 0.4) is 0 Å². The van der Waals surface area contributed by atoms with Crippen LogP contribution in [0.5, 0.6) is 11.5 Å². The number of sulfonamides is 1. The zero-order valence-electron chi connectivity index (χ0n) is 14.1. The van der Waals surface area contributed by atoms with Crippen LogP contribution >= 0.6 is 11.6 Å². The number of anilines is 1. The molecule has 25 heavy (non-hydrogen) atoms. The molecule has 0 spiro atoms. The van der Waals surface area contributed by atoms with Gasteiger partial charge in [-0.05, 0) is 42.3 Å². The number of benzene rings is 2. The Morgan fingerprint density at radius 1 is 1.16 bits per heavy atom. The van der Waals surface area contributed by atoms with Crippen molar-refractivity contribution in [2.45, 2.75) is 24.8 Å². The van der Waals surface area contributed by atoms with Gasteiger partial charge in [-0.3, -0.25) is 0 Å². The van der Waals surface area contributed by atoms with E-state index >= 15 is 0 Å². The molecule has 0 fully saturated rings. The number of hydrogen-bond donors (Lipinski definition) is 2. The van der Waals surface area contributed by atoms with E-state index in [9.17, 15) is 8.42 Å². The lowest BCUT2D eigenvalue weighted by molar-refractivity contribution is 0.294. The van der Waals surface area contributed by atoms with E-state index < -0.39 is 10.0 Å². The van der Waals surface area contributed by atoms with Crippen molar-refractivity contribution in [2.24, 2.45) is 5.14 Å². The standard InChI is InChI=1S/C17H21ClN2O4S/c1-3-8-24-17-10-15(18)12(9-16(17)23-2)11-20-13-4-6-14(7-5-13)25(19,21)22/h4-7,9-10,20H,3,8,11H2,1-2H3,(H2,19,21,22). The second kappa shape index (κ2) is 8.42. The van der Waals surface area contributed by atoms with Crippen molar-refractivity contribution in [3.63, 3.8) is 0 Å². The van der Waals surface area contributed by atoms with Crippen LogP contribution in [0, 0.1) is 0 Å². The van der Waals surface area contributed by atoms with E-state index in [1.54, 1.807) is 25.3 Å². The number of methoxy groups -OCH3 is 1. The Hall–Kier alpha value is -1.96. The number of ether oxygens (including phenoxy) is 2. The van der Waals surface area contributed by atoms with Gasteiger partial charge in [-0.25, -0.2) is 13.6 Å². The SMILES string of the molecule is CCCOc1cc(Cl)c(CNc2ccc(S(N)(=O)=O)cc2)cc1OC. The quantitative estimate of drug-likeness (QED) is 0.727. The molecule has 2 aromatic rings. The van der Waals surface area contributed by atoms with Gasteiger partial charge in [0.2, 0.25) is 10.0 Å². The van der Waals surface area contributed by atoms with E-state index in [0.29, 0.717) is 29.7 Å². The molecule has 0 unspecified atom stereocenters. The molecule has 0 atom stereocenters. The van der Waals surface area contributed by atoms with Gasteiger partial charge in [0.1, 0.15) is 0 Å². The van der Waals surface area contributed by atoms with Crippen LogP contribution in [0.15, 0.2) is 41.3 Å². The van der Waals surface area contributed by atoms with Crippen molar-refractivity contribution in [1.82, 2.24) is 0 Å². The number of hydrogen-bond acceptors (Lipinski definition) is 5. The van der Waals surface area contributed by atoms with Gasteiger partial charge in [0.15, 0.2) is 11.5 Å². The third-order valence-corrected chi connectivity index (χ3v) is 4.74. The molecule has 0 aliphatic carbocycles. The highest BCUT2D eigenvalue weighted by Gasteiger charge is 2.11. The average Bonchev–Trinajstić information content (AvgIpc) is 2.58. The van der Waals surface area contributed by atoms with Crippen LogP contribution in [0.25, 0.3) is 0 Å². The molecule has 0 amide bonds. The maximum atomic E-state index is 11.3. The molecule has 6 nitrogen and oxygen atoms in total. The Kier molecular flexibility index (Phi) is 6.52. The van der Waals surface area contributed by atoms with Gasteiger partial charge in [-0.2, -0.15) is 0 Å². The number of halogens is 1. The molecule has 0 heterocycles. The summed E-state index contributed by atoms with van der Waals surface area (Å²) in [6, 6.07) is 9.73. The van der Waals surface area contributed by atoms with Crippen molar-refractivity contribution in [3.8, 4) is 11.5 Å². The fourth-order valence-corrected chi connectivity index (χ4v) is 2.89. The van der Waals surface area contributed by atoms with Gasteiger partial charge in [-0.1, -0.05) is 18.5 Å². The normalized spacial score (nSPS) is 11.2. The Labute approximate surface area is 152 Å². The van der Waals surface area contributed by atoms with E-state index in [1.807, 2.05) is 13.0 Å². The predicted molar refractivity (Wildman–Crippen MR) is 98.9 cm³/mol. The smallest absolute Gasteiger partial charge is 0.238 e. The van der Waals surface area contributed by atoms with E-state index in [2.05, 4.69) is 5.32 Å². The first-order valence-corrected chi connectivity index (χ1v) is 9.63. The molecule has 0 aliphatic rings. The van der Waals surface area contributed by atoms with Gasteiger partial charge in [0, 0.05) is 23.3 Å². The lowest BCUT2D eigenvalue weighted by Crippen LogP contribution is -2.12. The number of nitrogens with two attached hydrogens (primary N) is 1. The average molecular weight is 385 g/mol. The number of nitrogens with one attached hydrogen (secondary N) is 1. The highest BCUT2D eigenvalue weighted by Crippen LogP contribution is 2.33. The van der Waals surface area contributed by atoms with Crippen LogP contribution in [-0.2, 0) is 16.6 Å². The molecule has 3 N–H and O–H groups in total. The van der Waals surface area contributed by atoms with Gasteiger partial charge in [0.25, 0.3) is 0 Å². The monoisotopic (exact) mass is 384 g/mol. The molecule has 0 aromatic heterocycles. The Balaban J connectivity index is 2.12. The zero-order chi connectivity index (χ0) is 18.4. The summed E-state index contributed by atoms with van der Waals surface area (Å²) in [5.74, 6) is 1.22. The Morgan fingerprint density at radius 3 is 2.40 bits per heavy atom. The third kappa shape index (κ3) is 5.26. The Bertz CT molecular complexity index is 823. The van der Waals surface area contributed by atoms with E-state index in [-0.39, 0.29) is 4.90 Å². The lowest BCUT2D eigenvalue weighted by Gasteiger charge is -2.14. The summed E-state index contributed by atoms with van der Waals surface area (Å²) in [7, 11) is -2.12. The van der Waals surface area contributed by atoms with Crippen molar-refractivity contribution in [2.75, 3.05) is 19.0 Å². The molecule has 2 rings (SSSR count). The maximum Gasteiger partial charge on any atom is 0.238 e. The third-order valence-electron chi connectivity index (χ3n) is 3.46. The van der Waals surface area contributed by atoms with Crippen molar-refractivity contribution in [1.29, 1.82) is 0 Å². The molecule has 0 bridgehead atoms. The first-order chi connectivity index (χ1) is 11.8. The molecule has 136 valence electrons. The largest absolute Gasteiger partial charge is 0.493 e. The molecule has 2 aromatic carbocycles. The fourth-order valence-electron chi connectivity index (χ4n) is 2.16. The van der Waals surface area contributed by atoms with Crippen molar-refractivity contribution < 1.29 is 17.9 Å². The summed E-state index contributed by atoms with van der Waals surface area (Å²) in [6.45, 7) is 3.05. The maximum absolute atomic E-state index is 11.3. The molecule has 0 saturated carbocycles. The minimum Gasteiger partial charge on any atom is -0.493 e. The summed E-state index contributed by atoms with van der Waals surface area (Å²) in [5.41, 5.74) is 1.58. The van der Waals surface area contributed by atoms with E-state index in [4.69, 9.17) is 26.2 Å². The zero-order valence-corrected chi connectivity index (χ0v) is 15.7. The molecule has 0 radical (unpaired) electrons. The van der Waals surface area contributed by atoms with Crippen LogP contribution in [0.1, 0.15) is 18.9 Å². The topological polar surface area (TPSA) is 90.6 Å². The van der Waals surface area contributed by atoms with E-state index in [1.165, 1.54) is 12.1 Å². The Morgan fingerprint density at radius 2 is 1.84 bits per heavy atom. The van der Waals surface area contributed by atoms with Gasteiger partial charge in [0.05, 0.1) is 18.6 Å². The number of rotatable bonds is 8. The minimum absolute atomic E-state index is 0.0650. The second-order valence-corrected chi connectivity index (χ2v) is 7.33. The summed E-state index contributed by atoms with van der Waals surface area (Å²) in [6.07, 6.45) is 0.887. The lowest BCUT2D eigenvalue weighted by atomic mass is 10.2. The summed E-state index contributed by atoms with van der Waals surface area (Å²) in [5, 5.41) is 8.82. The van der Waals surface area contributed by atoms with Crippen molar-refractivity contribution in [3.05, 3.63) is 47.0 Å². The highest BCUT2D eigenvalue weighted by molar-refractivity contribution is 7.89. The first kappa shape index (κ1) is 19.4. The van der Waals surface area contributed by atoms with Crippen LogP contribution in [0.4, 0.5) is 5.69 Å². The minimum atomic E-state index is -3.69. The van der Waals surface area contributed by atoms with Gasteiger partial charge in [-0.15, -0.1) is 0 Å². The van der Waals surface area contributed by atoms with Crippen LogP contribution in [-0.4, -0.2) is 22.1 Å². The van der Waals surface area contributed by atoms with Crippen LogP contribution < -0.4 is 19.9 Å². The summed E-state index contributed by atoms with van der Waals surface area (Å²) >= 11 is 6.32. The number of primary sulfonamides is 1. The molecule has 8 heteroatoms. The molecular weight excluding hydrogens is 364 g/mol. The first-order valence-electron chi connectivity index (χ1n) is 7.71. The second-order valence-electron chi connectivity index (χ2n) is 5.37. The van der Waals surface area contributed by atoms with E-state index in [0.717, 1.165) is 17.7 Å². The van der Waals surface area contributed by atoms with Gasteiger partial charge < -0.3 is 14.8 Å². The highest BCUT2D eigenvalue weighted by atomic mass is 35.5. The summed E-state index contributed by atoms with van der Waals surface area (Å²) < 4.78 is 33.5. The molecule has 0 saturated heterocycles. The summed E-state index contributed by atoms with van der Waals surface area (Å²) in [4.78, 5) is 0.0650. The molecule has 0 aliphatic heterocycles. The van der Waals surface area contributed by atoms with Crippen LogP contribution in [0.2, 0.25) is 5.02 Å². The fraction of sp³-hybridized carbons (Fsp3) is 0.294. The van der Waals surface area contributed by atoms with Gasteiger partial charge >= 0.3 is 0 Å². The predicted octanol–water partition coefficient (Wildman–Crippen LogP) is 3.40.